The van der Waals surface area contributed by atoms with Crippen molar-refractivity contribution in [3.63, 3.8) is 0 Å². The van der Waals surface area contributed by atoms with Gasteiger partial charge < -0.3 is 20.3 Å². The number of carbonyl (C=O) groups is 1. The molecule has 0 saturated carbocycles. The zero-order chi connectivity index (χ0) is 14.0. The van der Waals surface area contributed by atoms with Crippen molar-refractivity contribution in [1.82, 2.24) is 5.32 Å². The van der Waals surface area contributed by atoms with Gasteiger partial charge in [-0.3, -0.25) is 4.79 Å². The fraction of sp³-hybridized carbons (Fsp3) is 0.500. The molecule has 1 aromatic carbocycles. The molecule has 5 nitrogen and oxygen atoms in total. The molecule has 0 bridgehead atoms. The van der Waals surface area contributed by atoms with Crippen LogP contribution >= 0.6 is 0 Å². The van der Waals surface area contributed by atoms with Crippen molar-refractivity contribution in [2.24, 2.45) is 0 Å². The summed E-state index contributed by atoms with van der Waals surface area (Å²) >= 11 is 0. The maximum Gasteiger partial charge on any atom is 0.259 e. The lowest BCUT2D eigenvalue weighted by Gasteiger charge is -2.35. The van der Waals surface area contributed by atoms with Crippen molar-refractivity contribution >= 4 is 5.91 Å². The van der Waals surface area contributed by atoms with E-state index in [1.54, 1.807) is 0 Å². The number of rotatable bonds is 2. The molecule has 1 aromatic rings. The number of amides is 1. The highest BCUT2D eigenvalue weighted by molar-refractivity contribution is 5.99. The lowest BCUT2D eigenvalue weighted by molar-refractivity contribution is -0.0615. The first-order valence-corrected chi connectivity index (χ1v) is 6.35. The first-order valence-electron chi connectivity index (χ1n) is 6.35. The first kappa shape index (κ1) is 13.7. The average Bonchev–Trinajstić information content (AvgIpc) is 2.27. The van der Waals surface area contributed by atoms with Gasteiger partial charge in [-0.05, 0) is 38.8 Å². The smallest absolute Gasteiger partial charge is 0.259 e. The van der Waals surface area contributed by atoms with Crippen molar-refractivity contribution in [2.75, 3.05) is 6.61 Å². The quantitative estimate of drug-likeness (QED) is 0.761. The molecule has 1 atom stereocenters. The Morgan fingerprint density at radius 3 is 2.58 bits per heavy atom. The fourth-order valence-electron chi connectivity index (χ4n) is 2.37. The van der Waals surface area contributed by atoms with Gasteiger partial charge in [0.25, 0.3) is 5.91 Å². The molecule has 1 fully saturated rings. The van der Waals surface area contributed by atoms with Gasteiger partial charge in [0.2, 0.25) is 0 Å². The summed E-state index contributed by atoms with van der Waals surface area (Å²) in [6, 6.07) is 4.22. The van der Waals surface area contributed by atoms with E-state index in [1.165, 1.54) is 18.2 Å². The molecule has 2 rings (SSSR count). The van der Waals surface area contributed by atoms with Crippen LogP contribution in [0.1, 0.15) is 37.0 Å². The molecule has 3 N–H and O–H groups in total. The third kappa shape index (κ3) is 3.17. The molecule has 1 amide bonds. The summed E-state index contributed by atoms with van der Waals surface area (Å²) in [6.45, 7) is 4.54. The average molecular weight is 265 g/mol. The highest BCUT2D eigenvalue weighted by Crippen LogP contribution is 2.28. The van der Waals surface area contributed by atoms with E-state index in [1.807, 2.05) is 13.8 Å². The highest BCUT2D eigenvalue weighted by Gasteiger charge is 2.30. The van der Waals surface area contributed by atoms with E-state index in [-0.39, 0.29) is 28.7 Å². The Bertz CT molecular complexity index is 464. The van der Waals surface area contributed by atoms with Crippen LogP contribution in [0, 0.1) is 0 Å². The minimum Gasteiger partial charge on any atom is -0.507 e. The molecule has 0 radical (unpaired) electrons. The number of hydrogen-bond donors (Lipinski definition) is 3. The third-order valence-corrected chi connectivity index (χ3v) is 3.28. The van der Waals surface area contributed by atoms with Crippen molar-refractivity contribution < 1.29 is 19.7 Å². The second kappa shape index (κ2) is 5.09. The van der Waals surface area contributed by atoms with Gasteiger partial charge in [-0.25, -0.2) is 0 Å². The summed E-state index contributed by atoms with van der Waals surface area (Å²) in [5.41, 5.74) is -0.344. The molecular formula is C14H19NO4. The molecule has 0 aliphatic carbocycles. The van der Waals surface area contributed by atoms with Crippen molar-refractivity contribution in [2.45, 2.75) is 38.3 Å². The van der Waals surface area contributed by atoms with Crippen LogP contribution in [0.5, 0.6) is 11.5 Å². The van der Waals surface area contributed by atoms with Crippen LogP contribution in [0.4, 0.5) is 0 Å². The van der Waals surface area contributed by atoms with E-state index in [0.29, 0.717) is 13.0 Å². The molecule has 0 spiro atoms. The Balaban J connectivity index is 2.09. The Hall–Kier alpha value is -1.75. The van der Waals surface area contributed by atoms with Crippen molar-refractivity contribution in [1.29, 1.82) is 0 Å². The van der Waals surface area contributed by atoms with Crippen LogP contribution in [0.3, 0.4) is 0 Å². The van der Waals surface area contributed by atoms with Gasteiger partial charge in [0.1, 0.15) is 17.1 Å². The first-order chi connectivity index (χ1) is 8.89. The number of aromatic hydroxyl groups is 2. The standard InChI is InChI=1S/C14H19NO4/c1-14(2)8-9(6-7-19-14)15-13(18)12-10(16)4-3-5-11(12)17/h3-5,9,16-17H,6-8H2,1-2H3,(H,15,18). The van der Waals surface area contributed by atoms with E-state index in [2.05, 4.69) is 5.32 Å². The lowest BCUT2D eigenvalue weighted by Crippen LogP contribution is -2.45. The molecule has 104 valence electrons. The summed E-state index contributed by atoms with van der Waals surface area (Å²) in [5.74, 6) is -0.897. The highest BCUT2D eigenvalue weighted by atomic mass is 16.5. The molecule has 1 saturated heterocycles. The number of phenols is 2. The maximum atomic E-state index is 12.1. The van der Waals surface area contributed by atoms with Gasteiger partial charge >= 0.3 is 0 Å². The Morgan fingerprint density at radius 2 is 2.00 bits per heavy atom. The summed E-state index contributed by atoms with van der Waals surface area (Å²) in [7, 11) is 0. The van der Waals surface area contributed by atoms with Crippen molar-refractivity contribution in [3.8, 4) is 11.5 Å². The van der Waals surface area contributed by atoms with Gasteiger partial charge in [0.15, 0.2) is 0 Å². The third-order valence-electron chi connectivity index (χ3n) is 3.28. The van der Waals surface area contributed by atoms with Gasteiger partial charge in [0, 0.05) is 12.6 Å². The molecule has 1 aliphatic heterocycles. The monoisotopic (exact) mass is 265 g/mol. The van der Waals surface area contributed by atoms with Gasteiger partial charge in [-0.1, -0.05) is 6.07 Å². The number of benzene rings is 1. The van der Waals surface area contributed by atoms with E-state index < -0.39 is 5.91 Å². The summed E-state index contributed by atoms with van der Waals surface area (Å²) in [5, 5.41) is 22.1. The second-order valence-electron chi connectivity index (χ2n) is 5.44. The van der Waals surface area contributed by atoms with Gasteiger partial charge in [0.05, 0.1) is 5.60 Å². The van der Waals surface area contributed by atoms with Crippen LogP contribution in [-0.4, -0.2) is 34.4 Å². The van der Waals surface area contributed by atoms with E-state index in [4.69, 9.17) is 4.74 Å². The SMILES string of the molecule is CC1(C)CC(NC(=O)c2c(O)cccc2O)CCO1. The number of hydrogen-bond acceptors (Lipinski definition) is 4. The Labute approximate surface area is 112 Å². The summed E-state index contributed by atoms with van der Waals surface area (Å²) in [4.78, 5) is 12.1. The Kier molecular flexibility index (Phi) is 3.66. The predicted octanol–water partition coefficient (Wildman–Crippen LogP) is 1.79. The predicted molar refractivity (Wildman–Crippen MR) is 70.3 cm³/mol. The largest absolute Gasteiger partial charge is 0.507 e. The van der Waals surface area contributed by atoms with Crippen molar-refractivity contribution in [3.05, 3.63) is 23.8 Å². The second-order valence-corrected chi connectivity index (χ2v) is 5.44. The minimum atomic E-state index is -0.460. The van der Waals surface area contributed by atoms with Crippen LogP contribution < -0.4 is 5.32 Å². The van der Waals surface area contributed by atoms with Crippen LogP contribution in [0.25, 0.3) is 0 Å². The van der Waals surface area contributed by atoms with Crippen LogP contribution in [0.2, 0.25) is 0 Å². The van der Waals surface area contributed by atoms with Gasteiger partial charge in [-0.2, -0.15) is 0 Å². The molecule has 19 heavy (non-hydrogen) atoms. The van der Waals surface area contributed by atoms with Gasteiger partial charge in [-0.15, -0.1) is 0 Å². The lowest BCUT2D eigenvalue weighted by atomic mass is 9.93. The zero-order valence-electron chi connectivity index (χ0n) is 11.1. The molecule has 1 aliphatic rings. The number of nitrogens with one attached hydrogen (secondary N) is 1. The number of ether oxygens (including phenoxy) is 1. The number of phenolic OH excluding ortho intramolecular Hbond substituents is 2. The molecular weight excluding hydrogens is 246 g/mol. The Morgan fingerprint density at radius 1 is 1.37 bits per heavy atom. The fourth-order valence-corrected chi connectivity index (χ4v) is 2.37. The molecule has 1 heterocycles. The maximum absolute atomic E-state index is 12.1. The normalized spacial score (nSPS) is 21.9. The van der Waals surface area contributed by atoms with E-state index >= 15 is 0 Å². The van der Waals surface area contributed by atoms with Crippen LogP contribution in [0.15, 0.2) is 18.2 Å². The minimum absolute atomic E-state index is 0.0183. The molecule has 5 heteroatoms. The topological polar surface area (TPSA) is 78.8 Å². The van der Waals surface area contributed by atoms with Crippen LogP contribution in [-0.2, 0) is 4.74 Å². The summed E-state index contributed by atoms with van der Waals surface area (Å²) < 4.78 is 5.58. The van der Waals surface area contributed by atoms with E-state index in [9.17, 15) is 15.0 Å². The molecule has 1 unspecified atom stereocenters. The molecule has 0 aromatic heterocycles. The zero-order valence-corrected chi connectivity index (χ0v) is 11.1. The summed E-state index contributed by atoms with van der Waals surface area (Å²) in [6.07, 6.45) is 1.43. The number of carbonyl (C=O) groups excluding carboxylic acids is 1. The van der Waals surface area contributed by atoms with E-state index in [0.717, 1.165) is 6.42 Å².